The molecule has 21 heavy (non-hydrogen) atoms. The van der Waals surface area contributed by atoms with Gasteiger partial charge in [-0.1, -0.05) is 28.9 Å². The number of carbonyl (C=O) groups is 1. The van der Waals surface area contributed by atoms with Crippen molar-refractivity contribution in [1.29, 1.82) is 0 Å². The highest BCUT2D eigenvalue weighted by Gasteiger charge is 2.43. The summed E-state index contributed by atoms with van der Waals surface area (Å²) in [7, 11) is 1.40. The number of esters is 1. The third-order valence-electron chi connectivity index (χ3n) is 3.85. The van der Waals surface area contributed by atoms with Gasteiger partial charge in [-0.25, -0.2) is 9.97 Å². The summed E-state index contributed by atoms with van der Waals surface area (Å²) in [5.74, 6) is 0.507. The van der Waals surface area contributed by atoms with Crippen LogP contribution < -0.4 is 0 Å². The van der Waals surface area contributed by atoms with Gasteiger partial charge in [-0.3, -0.25) is 9.36 Å². The van der Waals surface area contributed by atoms with Gasteiger partial charge in [0.05, 0.1) is 12.8 Å². The Balaban J connectivity index is 2.44. The minimum atomic E-state index is -0.807. The molecule has 0 N–H and O–H groups in total. The van der Waals surface area contributed by atoms with Crippen LogP contribution in [0.4, 0.5) is 0 Å². The molecule has 5 nitrogen and oxygen atoms in total. The second kappa shape index (κ2) is 6.39. The SMILES string of the molecule is COC(=O)[C@@](C)(c1cn(-c2ccccn2)cn1)[C@H](C)CBr. The zero-order chi connectivity index (χ0) is 15.5. The molecule has 0 saturated carbocycles. The number of pyridine rings is 1. The van der Waals surface area contributed by atoms with Gasteiger partial charge in [0.15, 0.2) is 0 Å². The van der Waals surface area contributed by atoms with E-state index in [-0.39, 0.29) is 11.9 Å². The van der Waals surface area contributed by atoms with Crippen LogP contribution >= 0.6 is 15.9 Å². The van der Waals surface area contributed by atoms with E-state index >= 15 is 0 Å². The van der Waals surface area contributed by atoms with E-state index in [4.69, 9.17) is 4.74 Å². The fourth-order valence-electron chi connectivity index (χ4n) is 2.15. The van der Waals surface area contributed by atoms with Gasteiger partial charge in [0.25, 0.3) is 0 Å². The Hall–Kier alpha value is -1.69. The van der Waals surface area contributed by atoms with Crippen molar-refractivity contribution in [1.82, 2.24) is 14.5 Å². The van der Waals surface area contributed by atoms with Crippen molar-refractivity contribution >= 4 is 21.9 Å². The Bertz CT molecular complexity index is 614. The van der Waals surface area contributed by atoms with Crippen molar-refractivity contribution in [2.24, 2.45) is 5.92 Å². The standard InChI is InChI=1S/C15H18BrN3O2/c1-11(8-16)15(2,14(20)21-3)12-9-19(10-18-12)13-6-4-5-7-17-13/h4-7,9-11H,8H2,1-3H3/t11-,15-/m1/s1. The summed E-state index contributed by atoms with van der Waals surface area (Å²) in [5.41, 5.74) is -0.134. The smallest absolute Gasteiger partial charge is 0.317 e. The molecule has 0 saturated heterocycles. The van der Waals surface area contributed by atoms with E-state index in [0.29, 0.717) is 11.0 Å². The van der Waals surface area contributed by atoms with Crippen LogP contribution in [0.3, 0.4) is 0 Å². The average molecular weight is 352 g/mol. The van der Waals surface area contributed by atoms with Crippen LogP contribution in [0.15, 0.2) is 36.9 Å². The third kappa shape index (κ3) is 2.85. The zero-order valence-electron chi connectivity index (χ0n) is 12.3. The van der Waals surface area contributed by atoms with E-state index in [0.717, 1.165) is 5.82 Å². The first-order chi connectivity index (χ1) is 10.0. The number of hydrogen-bond donors (Lipinski definition) is 0. The highest BCUT2D eigenvalue weighted by atomic mass is 79.9. The lowest BCUT2D eigenvalue weighted by atomic mass is 9.76. The lowest BCUT2D eigenvalue weighted by Gasteiger charge is -2.30. The minimum Gasteiger partial charge on any atom is -0.468 e. The molecule has 6 heteroatoms. The van der Waals surface area contributed by atoms with E-state index < -0.39 is 5.41 Å². The normalized spacial score (nSPS) is 15.2. The second-order valence-electron chi connectivity index (χ2n) is 5.10. The van der Waals surface area contributed by atoms with Crippen LogP contribution in [0.5, 0.6) is 0 Å². The summed E-state index contributed by atoms with van der Waals surface area (Å²) < 4.78 is 6.79. The molecule has 2 aromatic heterocycles. The van der Waals surface area contributed by atoms with Crippen LogP contribution in [0.2, 0.25) is 0 Å². The molecule has 2 rings (SSSR count). The highest BCUT2D eigenvalue weighted by molar-refractivity contribution is 9.09. The van der Waals surface area contributed by atoms with E-state index in [2.05, 4.69) is 25.9 Å². The minimum absolute atomic E-state index is 0.0389. The highest BCUT2D eigenvalue weighted by Crippen LogP contribution is 2.33. The Morgan fingerprint density at radius 1 is 1.48 bits per heavy atom. The van der Waals surface area contributed by atoms with E-state index in [1.807, 2.05) is 38.2 Å². The maximum atomic E-state index is 12.3. The van der Waals surface area contributed by atoms with Crippen LogP contribution in [0.25, 0.3) is 5.82 Å². The molecule has 2 aromatic rings. The monoisotopic (exact) mass is 351 g/mol. The summed E-state index contributed by atoms with van der Waals surface area (Å²) in [4.78, 5) is 20.9. The predicted octanol–water partition coefficient (Wildman–Crippen LogP) is 2.73. The number of methoxy groups -OCH3 is 1. The molecule has 0 unspecified atom stereocenters. The number of nitrogens with zero attached hydrogens (tertiary/aromatic N) is 3. The van der Waals surface area contributed by atoms with Crippen LogP contribution in [0.1, 0.15) is 19.5 Å². The van der Waals surface area contributed by atoms with E-state index in [1.54, 1.807) is 17.1 Å². The molecular formula is C15H18BrN3O2. The molecule has 0 spiro atoms. The number of halogens is 1. The lowest BCUT2D eigenvalue weighted by Crippen LogP contribution is -2.41. The van der Waals surface area contributed by atoms with E-state index in [9.17, 15) is 4.79 Å². The number of aromatic nitrogens is 3. The Morgan fingerprint density at radius 3 is 2.81 bits per heavy atom. The zero-order valence-corrected chi connectivity index (χ0v) is 13.9. The Morgan fingerprint density at radius 2 is 2.24 bits per heavy atom. The molecular weight excluding hydrogens is 334 g/mol. The first kappa shape index (κ1) is 15.7. The predicted molar refractivity (Wildman–Crippen MR) is 83.7 cm³/mol. The van der Waals surface area contributed by atoms with Crippen molar-refractivity contribution in [2.75, 3.05) is 12.4 Å². The van der Waals surface area contributed by atoms with Gasteiger partial charge in [-0.2, -0.15) is 0 Å². The van der Waals surface area contributed by atoms with Crippen molar-refractivity contribution < 1.29 is 9.53 Å². The number of rotatable bonds is 5. The van der Waals surface area contributed by atoms with Gasteiger partial charge in [-0.05, 0) is 25.0 Å². The van der Waals surface area contributed by atoms with Crippen LogP contribution in [0, 0.1) is 5.92 Å². The molecule has 0 aliphatic heterocycles. The molecule has 2 heterocycles. The van der Waals surface area contributed by atoms with Crippen molar-refractivity contribution in [3.05, 3.63) is 42.6 Å². The maximum absolute atomic E-state index is 12.3. The summed E-state index contributed by atoms with van der Waals surface area (Å²) in [6.07, 6.45) is 5.22. The van der Waals surface area contributed by atoms with Gasteiger partial charge in [0.1, 0.15) is 17.6 Å². The topological polar surface area (TPSA) is 57.0 Å². The molecule has 0 radical (unpaired) electrons. The fraction of sp³-hybridized carbons (Fsp3) is 0.400. The quantitative estimate of drug-likeness (QED) is 0.613. The molecule has 0 bridgehead atoms. The molecule has 112 valence electrons. The van der Waals surface area contributed by atoms with Gasteiger partial charge in [0, 0.05) is 17.7 Å². The van der Waals surface area contributed by atoms with E-state index in [1.165, 1.54) is 7.11 Å². The first-order valence-corrected chi connectivity index (χ1v) is 7.76. The van der Waals surface area contributed by atoms with Crippen molar-refractivity contribution in [3.63, 3.8) is 0 Å². The number of alkyl halides is 1. The number of carbonyl (C=O) groups excluding carboxylic acids is 1. The molecule has 0 aliphatic carbocycles. The van der Waals surface area contributed by atoms with Gasteiger partial charge >= 0.3 is 5.97 Å². The Labute approximate surface area is 132 Å². The largest absolute Gasteiger partial charge is 0.468 e. The van der Waals surface area contributed by atoms with Crippen LogP contribution in [-0.2, 0) is 14.9 Å². The number of imidazole rings is 1. The van der Waals surface area contributed by atoms with Gasteiger partial charge < -0.3 is 4.74 Å². The van der Waals surface area contributed by atoms with Crippen molar-refractivity contribution in [3.8, 4) is 5.82 Å². The average Bonchev–Trinajstić information content (AvgIpc) is 3.03. The summed E-state index contributed by atoms with van der Waals surface area (Å²) >= 11 is 3.44. The molecule has 0 aromatic carbocycles. The molecule has 0 aliphatic rings. The molecule has 0 amide bonds. The second-order valence-corrected chi connectivity index (χ2v) is 5.75. The first-order valence-electron chi connectivity index (χ1n) is 6.64. The summed E-state index contributed by atoms with van der Waals surface area (Å²) in [6, 6.07) is 5.64. The van der Waals surface area contributed by atoms with Gasteiger partial charge in [0.2, 0.25) is 0 Å². The number of hydrogen-bond acceptors (Lipinski definition) is 4. The summed E-state index contributed by atoms with van der Waals surface area (Å²) in [6.45, 7) is 3.85. The third-order valence-corrected chi connectivity index (χ3v) is 4.83. The van der Waals surface area contributed by atoms with Crippen LogP contribution in [-0.4, -0.2) is 32.9 Å². The van der Waals surface area contributed by atoms with Crippen molar-refractivity contribution in [2.45, 2.75) is 19.3 Å². The Kier molecular flexibility index (Phi) is 4.77. The summed E-state index contributed by atoms with van der Waals surface area (Å²) in [5, 5.41) is 0.676. The maximum Gasteiger partial charge on any atom is 0.317 e. The lowest BCUT2D eigenvalue weighted by molar-refractivity contribution is -0.148. The number of ether oxygens (including phenoxy) is 1. The molecule has 2 atom stereocenters. The fourth-order valence-corrected chi connectivity index (χ4v) is 2.79. The van der Waals surface area contributed by atoms with Gasteiger partial charge in [-0.15, -0.1) is 0 Å². The molecule has 0 fully saturated rings.